The smallest absolute Gasteiger partial charge is 0.261 e. The number of carbonyl (C=O) groups excluding carboxylic acids is 3. The van der Waals surface area contributed by atoms with Gasteiger partial charge in [0.2, 0.25) is 0 Å². The van der Waals surface area contributed by atoms with Gasteiger partial charge in [0.25, 0.3) is 17.7 Å². The number of amides is 3. The number of benzene rings is 2. The summed E-state index contributed by atoms with van der Waals surface area (Å²) in [6, 6.07) is 14.9. The first-order chi connectivity index (χ1) is 16.2. The molecule has 1 saturated heterocycles. The van der Waals surface area contributed by atoms with E-state index in [9.17, 15) is 14.4 Å². The fourth-order valence-electron chi connectivity index (χ4n) is 6.58. The van der Waals surface area contributed by atoms with E-state index in [1.807, 2.05) is 24.3 Å². The van der Waals surface area contributed by atoms with Gasteiger partial charge in [-0.3, -0.25) is 19.3 Å². The van der Waals surface area contributed by atoms with E-state index < -0.39 is 0 Å². The van der Waals surface area contributed by atoms with E-state index in [0.717, 1.165) is 31.5 Å². The van der Waals surface area contributed by atoms with Gasteiger partial charge >= 0.3 is 0 Å². The van der Waals surface area contributed by atoms with Crippen LogP contribution in [0.5, 0.6) is 0 Å². The first-order valence-corrected chi connectivity index (χ1v) is 12.3. The highest BCUT2D eigenvalue weighted by molar-refractivity contribution is 6.21. The summed E-state index contributed by atoms with van der Waals surface area (Å²) >= 11 is 0. The van der Waals surface area contributed by atoms with Crippen molar-refractivity contribution in [1.82, 2.24) is 9.80 Å². The molecule has 2 atom stereocenters. The first-order valence-electron chi connectivity index (χ1n) is 12.3. The highest BCUT2D eigenvalue weighted by Gasteiger charge is 2.51. The van der Waals surface area contributed by atoms with Crippen LogP contribution < -0.4 is 5.32 Å². The second kappa shape index (κ2) is 8.26. The molecular formula is C28H33N3O3. The summed E-state index contributed by atoms with van der Waals surface area (Å²) in [5.41, 5.74) is 2.90. The number of fused-ring (bicyclic) bond motifs is 3. The summed E-state index contributed by atoms with van der Waals surface area (Å²) in [6.45, 7) is 8.67. The van der Waals surface area contributed by atoms with E-state index >= 15 is 0 Å². The van der Waals surface area contributed by atoms with Crippen molar-refractivity contribution in [3.05, 3.63) is 65.2 Å². The van der Waals surface area contributed by atoms with Crippen molar-refractivity contribution in [3.63, 3.8) is 0 Å². The standard InChI is InChI=1S/C28H33N3O3/c1-27(2)15-19-16-28(3,17-27)18-31(19)26(34)22-11-6-7-12-23(22)29-13-8-14-30-24(32)20-9-4-5-10-21(20)25(30)33/h4-7,9-12,19,29H,8,13-18H2,1-3H3/t19-,28+/m0/s1. The molecule has 2 fully saturated rings. The maximum atomic E-state index is 13.6. The quantitative estimate of drug-likeness (QED) is 0.496. The average molecular weight is 460 g/mol. The van der Waals surface area contributed by atoms with Gasteiger partial charge in [0.05, 0.1) is 16.7 Å². The lowest BCUT2D eigenvalue weighted by atomic mass is 9.65. The first kappa shape index (κ1) is 22.6. The Morgan fingerprint density at radius 2 is 1.62 bits per heavy atom. The summed E-state index contributed by atoms with van der Waals surface area (Å²) in [5, 5.41) is 3.38. The molecule has 1 N–H and O–H groups in total. The number of carbonyl (C=O) groups is 3. The predicted molar refractivity (Wildman–Crippen MR) is 132 cm³/mol. The molecule has 178 valence electrons. The van der Waals surface area contributed by atoms with Gasteiger partial charge in [0, 0.05) is 31.4 Å². The van der Waals surface area contributed by atoms with Gasteiger partial charge in [-0.05, 0) is 60.8 Å². The Balaban J connectivity index is 1.22. The van der Waals surface area contributed by atoms with Crippen molar-refractivity contribution >= 4 is 23.4 Å². The molecule has 0 aromatic heterocycles. The number of hydrogen-bond acceptors (Lipinski definition) is 4. The largest absolute Gasteiger partial charge is 0.384 e. The molecule has 34 heavy (non-hydrogen) atoms. The molecule has 1 aliphatic carbocycles. The normalized spacial score (nSPS) is 25.0. The van der Waals surface area contributed by atoms with Gasteiger partial charge in [-0.2, -0.15) is 0 Å². The Kier molecular flexibility index (Phi) is 5.50. The molecule has 1 saturated carbocycles. The minimum Gasteiger partial charge on any atom is -0.384 e. The van der Waals surface area contributed by atoms with Crippen LogP contribution in [-0.2, 0) is 0 Å². The summed E-state index contributed by atoms with van der Waals surface area (Å²) in [7, 11) is 0. The SMILES string of the molecule is CC1(C)C[C@H]2C[C@@](C)(CN2C(=O)c2ccccc2NCCCN2C(=O)c3ccccc3C2=O)C1. The lowest BCUT2D eigenvalue weighted by Gasteiger charge is -2.39. The molecule has 2 aromatic rings. The molecule has 6 nitrogen and oxygen atoms in total. The summed E-state index contributed by atoms with van der Waals surface area (Å²) in [5.74, 6) is -0.365. The predicted octanol–water partition coefficient (Wildman–Crippen LogP) is 4.83. The van der Waals surface area contributed by atoms with Crippen LogP contribution >= 0.6 is 0 Å². The molecule has 5 rings (SSSR count). The van der Waals surface area contributed by atoms with Crippen molar-refractivity contribution in [2.45, 2.75) is 52.5 Å². The molecule has 2 aliphatic heterocycles. The lowest BCUT2D eigenvalue weighted by molar-refractivity contribution is 0.0652. The Bertz CT molecular complexity index is 1120. The molecule has 3 aliphatic rings. The van der Waals surface area contributed by atoms with Gasteiger partial charge in [-0.25, -0.2) is 0 Å². The van der Waals surface area contributed by atoms with Crippen LogP contribution in [0.1, 0.15) is 77.5 Å². The molecule has 6 heteroatoms. The molecule has 0 radical (unpaired) electrons. The highest BCUT2D eigenvalue weighted by atomic mass is 16.2. The molecule has 2 aromatic carbocycles. The van der Waals surface area contributed by atoms with Crippen LogP contribution in [0.2, 0.25) is 0 Å². The summed E-state index contributed by atoms with van der Waals surface area (Å²) in [4.78, 5) is 42.1. The Morgan fingerprint density at radius 3 is 2.32 bits per heavy atom. The van der Waals surface area contributed by atoms with E-state index in [1.54, 1.807) is 24.3 Å². The van der Waals surface area contributed by atoms with Crippen LogP contribution in [0.4, 0.5) is 5.69 Å². The van der Waals surface area contributed by atoms with E-state index in [-0.39, 0.29) is 28.6 Å². The second-order valence-corrected chi connectivity index (χ2v) is 11.3. The van der Waals surface area contributed by atoms with Crippen LogP contribution in [0.15, 0.2) is 48.5 Å². The summed E-state index contributed by atoms with van der Waals surface area (Å²) < 4.78 is 0. The number of para-hydroxylation sites is 1. The number of likely N-dealkylation sites (tertiary alicyclic amines) is 1. The third-order valence-corrected chi connectivity index (χ3v) is 7.59. The van der Waals surface area contributed by atoms with Crippen molar-refractivity contribution < 1.29 is 14.4 Å². The van der Waals surface area contributed by atoms with E-state index in [4.69, 9.17) is 0 Å². The van der Waals surface area contributed by atoms with E-state index in [1.165, 1.54) is 4.90 Å². The molecular weight excluding hydrogens is 426 g/mol. The molecule has 2 bridgehead atoms. The van der Waals surface area contributed by atoms with Crippen molar-refractivity contribution in [3.8, 4) is 0 Å². The van der Waals surface area contributed by atoms with Crippen molar-refractivity contribution in [2.24, 2.45) is 10.8 Å². The van der Waals surface area contributed by atoms with Gasteiger partial charge in [-0.15, -0.1) is 0 Å². The molecule has 0 spiro atoms. The zero-order valence-electron chi connectivity index (χ0n) is 20.3. The Labute approximate surface area is 201 Å². The number of nitrogens with one attached hydrogen (secondary N) is 1. The molecule has 3 amide bonds. The number of anilines is 1. The van der Waals surface area contributed by atoms with Crippen molar-refractivity contribution in [2.75, 3.05) is 25.0 Å². The fourth-order valence-corrected chi connectivity index (χ4v) is 6.58. The highest BCUT2D eigenvalue weighted by Crippen LogP contribution is 2.52. The zero-order chi connectivity index (χ0) is 24.1. The van der Waals surface area contributed by atoms with Gasteiger partial charge in [0.15, 0.2) is 0 Å². The zero-order valence-corrected chi connectivity index (χ0v) is 20.3. The Morgan fingerprint density at radius 1 is 0.971 bits per heavy atom. The Hall–Kier alpha value is -3.15. The van der Waals surface area contributed by atoms with E-state index in [0.29, 0.717) is 42.2 Å². The number of hydrogen-bond donors (Lipinski definition) is 1. The van der Waals surface area contributed by atoms with E-state index in [2.05, 4.69) is 31.0 Å². The third kappa shape index (κ3) is 3.99. The van der Waals surface area contributed by atoms with Crippen LogP contribution in [0.25, 0.3) is 0 Å². The van der Waals surface area contributed by atoms with Gasteiger partial charge in [0.1, 0.15) is 0 Å². The third-order valence-electron chi connectivity index (χ3n) is 7.59. The van der Waals surface area contributed by atoms with Crippen LogP contribution in [0, 0.1) is 10.8 Å². The molecule has 0 unspecified atom stereocenters. The number of rotatable bonds is 6. The second-order valence-electron chi connectivity index (χ2n) is 11.3. The fraction of sp³-hybridized carbons (Fsp3) is 0.464. The summed E-state index contributed by atoms with van der Waals surface area (Å²) in [6.07, 6.45) is 3.88. The minimum atomic E-state index is -0.229. The monoisotopic (exact) mass is 459 g/mol. The topological polar surface area (TPSA) is 69.7 Å². The number of imide groups is 1. The lowest BCUT2D eigenvalue weighted by Crippen LogP contribution is -2.38. The van der Waals surface area contributed by atoms with Crippen LogP contribution in [-0.4, -0.2) is 53.2 Å². The maximum absolute atomic E-state index is 13.6. The van der Waals surface area contributed by atoms with Gasteiger partial charge < -0.3 is 10.2 Å². The minimum absolute atomic E-state index is 0.0925. The van der Waals surface area contributed by atoms with Crippen LogP contribution in [0.3, 0.4) is 0 Å². The molecule has 2 heterocycles. The number of nitrogens with zero attached hydrogens (tertiary/aromatic N) is 2. The van der Waals surface area contributed by atoms with Crippen molar-refractivity contribution in [1.29, 1.82) is 0 Å². The average Bonchev–Trinajstić information content (AvgIpc) is 3.19. The maximum Gasteiger partial charge on any atom is 0.261 e. The van der Waals surface area contributed by atoms with Gasteiger partial charge in [-0.1, -0.05) is 45.0 Å².